The Labute approximate surface area is 72.1 Å². The van der Waals surface area contributed by atoms with Crippen LogP contribution in [0.3, 0.4) is 0 Å². The first-order valence-electron chi connectivity index (χ1n) is 3.81. The number of esters is 1. The number of hydrogen-bond acceptors (Lipinski definition) is 4. The lowest BCUT2D eigenvalue weighted by molar-refractivity contribution is -0.146. The van der Waals surface area contributed by atoms with Gasteiger partial charge in [-0.25, -0.2) is 0 Å². The van der Waals surface area contributed by atoms with Gasteiger partial charge in [0, 0.05) is 13.7 Å². The van der Waals surface area contributed by atoms with E-state index in [1.807, 2.05) is 6.07 Å². The summed E-state index contributed by atoms with van der Waals surface area (Å²) in [5.41, 5.74) is 0. The van der Waals surface area contributed by atoms with Crippen LogP contribution >= 0.6 is 0 Å². The minimum absolute atomic E-state index is 0.310. The lowest BCUT2D eigenvalue weighted by atomic mass is 10.1. The van der Waals surface area contributed by atoms with Crippen LogP contribution in [0.25, 0.3) is 0 Å². The van der Waals surface area contributed by atoms with Gasteiger partial charge in [-0.3, -0.25) is 4.79 Å². The first-order chi connectivity index (χ1) is 5.76. The second kappa shape index (κ2) is 6.62. The Hall–Kier alpha value is -1.08. The Morgan fingerprint density at radius 2 is 2.33 bits per heavy atom. The molecule has 0 radical (unpaired) electrons. The summed E-state index contributed by atoms with van der Waals surface area (Å²) in [7, 11) is 1.53. The molecule has 0 aromatic carbocycles. The van der Waals surface area contributed by atoms with Gasteiger partial charge in [0.05, 0.1) is 12.7 Å². The zero-order valence-electron chi connectivity index (χ0n) is 7.37. The number of carbonyl (C=O) groups is 1. The Balaban J connectivity index is 3.81. The summed E-state index contributed by atoms with van der Waals surface area (Å²) >= 11 is 0. The van der Waals surface area contributed by atoms with Crippen molar-refractivity contribution in [3.8, 4) is 6.07 Å². The van der Waals surface area contributed by atoms with Gasteiger partial charge in [-0.15, -0.1) is 0 Å². The molecule has 0 N–H and O–H groups in total. The van der Waals surface area contributed by atoms with Gasteiger partial charge in [-0.2, -0.15) is 5.26 Å². The first-order valence-corrected chi connectivity index (χ1v) is 3.81. The predicted octanol–water partition coefficient (Wildman–Crippen LogP) is 0.726. The average Bonchev–Trinajstić information content (AvgIpc) is 2.06. The number of ether oxygens (including phenoxy) is 2. The predicted molar refractivity (Wildman–Crippen MR) is 42.2 cm³/mol. The van der Waals surface area contributed by atoms with Crippen molar-refractivity contribution >= 4 is 5.97 Å². The molecule has 0 aliphatic carbocycles. The van der Waals surface area contributed by atoms with E-state index in [-0.39, 0.29) is 0 Å². The van der Waals surface area contributed by atoms with Crippen molar-refractivity contribution in [2.75, 3.05) is 20.3 Å². The van der Waals surface area contributed by atoms with E-state index < -0.39 is 11.9 Å². The fraction of sp³-hybridized carbons (Fsp3) is 0.750. The fourth-order valence-corrected chi connectivity index (χ4v) is 0.714. The summed E-state index contributed by atoms with van der Waals surface area (Å²) < 4.78 is 9.42. The Morgan fingerprint density at radius 1 is 1.67 bits per heavy atom. The van der Waals surface area contributed by atoms with E-state index in [0.29, 0.717) is 19.6 Å². The normalized spacial score (nSPS) is 11.8. The van der Waals surface area contributed by atoms with Crippen LogP contribution in [-0.4, -0.2) is 26.3 Å². The molecular formula is C8H13NO3. The number of hydrogen-bond donors (Lipinski definition) is 0. The molecule has 4 nitrogen and oxygen atoms in total. The summed E-state index contributed by atoms with van der Waals surface area (Å²) in [4.78, 5) is 11.0. The maximum atomic E-state index is 11.0. The van der Waals surface area contributed by atoms with Crippen LogP contribution in [0.2, 0.25) is 0 Å². The number of methoxy groups -OCH3 is 1. The summed E-state index contributed by atoms with van der Waals surface area (Å²) in [6, 6.07) is 1.87. The first kappa shape index (κ1) is 10.9. The number of nitriles is 1. The van der Waals surface area contributed by atoms with Gasteiger partial charge >= 0.3 is 5.97 Å². The van der Waals surface area contributed by atoms with E-state index >= 15 is 0 Å². The second-order valence-corrected chi connectivity index (χ2v) is 2.22. The summed E-state index contributed by atoms with van der Waals surface area (Å²) in [5, 5.41) is 8.54. The molecule has 0 fully saturated rings. The zero-order chi connectivity index (χ0) is 9.40. The molecular weight excluding hydrogens is 158 g/mol. The van der Waals surface area contributed by atoms with Crippen molar-refractivity contribution in [2.45, 2.75) is 13.3 Å². The zero-order valence-corrected chi connectivity index (χ0v) is 7.37. The molecule has 0 amide bonds. The van der Waals surface area contributed by atoms with Gasteiger partial charge in [0.15, 0.2) is 0 Å². The highest BCUT2D eigenvalue weighted by atomic mass is 16.5. The van der Waals surface area contributed by atoms with Crippen molar-refractivity contribution in [2.24, 2.45) is 5.92 Å². The molecule has 1 atom stereocenters. The molecule has 1 unspecified atom stereocenters. The lowest BCUT2D eigenvalue weighted by Gasteiger charge is -2.06. The van der Waals surface area contributed by atoms with Crippen molar-refractivity contribution in [1.82, 2.24) is 0 Å². The minimum atomic E-state index is -0.690. The molecule has 68 valence electrons. The highest BCUT2D eigenvalue weighted by molar-refractivity contribution is 5.75. The molecule has 0 bridgehead atoms. The molecule has 0 spiro atoms. The van der Waals surface area contributed by atoms with Crippen molar-refractivity contribution in [3.05, 3.63) is 0 Å². The lowest BCUT2D eigenvalue weighted by Crippen LogP contribution is -2.17. The number of rotatable bonds is 5. The summed E-state index contributed by atoms with van der Waals surface area (Å²) in [6.45, 7) is 2.42. The maximum Gasteiger partial charge on any atom is 0.323 e. The second-order valence-electron chi connectivity index (χ2n) is 2.22. The van der Waals surface area contributed by atoms with Crippen LogP contribution < -0.4 is 0 Å². The van der Waals surface area contributed by atoms with Gasteiger partial charge in [-0.05, 0) is 13.3 Å². The van der Waals surface area contributed by atoms with E-state index in [2.05, 4.69) is 4.74 Å². The smallest absolute Gasteiger partial charge is 0.323 e. The largest absolute Gasteiger partial charge is 0.465 e. The molecule has 0 aromatic rings. The van der Waals surface area contributed by atoms with Crippen molar-refractivity contribution in [3.63, 3.8) is 0 Å². The SMILES string of the molecule is CCOC(=O)C(C#N)CCOC. The Kier molecular flexibility index (Phi) is 6.02. The van der Waals surface area contributed by atoms with Gasteiger partial charge in [0.25, 0.3) is 0 Å². The Morgan fingerprint density at radius 3 is 2.75 bits per heavy atom. The average molecular weight is 171 g/mol. The molecule has 0 saturated carbocycles. The van der Waals surface area contributed by atoms with Crippen LogP contribution in [0.15, 0.2) is 0 Å². The van der Waals surface area contributed by atoms with Gasteiger partial charge in [-0.1, -0.05) is 0 Å². The molecule has 12 heavy (non-hydrogen) atoms. The summed E-state index contributed by atoms with van der Waals surface area (Å²) in [5.74, 6) is -1.15. The molecule has 0 aliphatic heterocycles. The van der Waals surface area contributed by atoms with Crippen molar-refractivity contribution in [1.29, 1.82) is 5.26 Å². The Bertz CT molecular complexity index is 174. The van der Waals surface area contributed by atoms with Crippen LogP contribution in [0.4, 0.5) is 0 Å². The molecule has 0 heterocycles. The van der Waals surface area contributed by atoms with E-state index in [1.54, 1.807) is 6.92 Å². The number of nitrogens with zero attached hydrogens (tertiary/aromatic N) is 1. The van der Waals surface area contributed by atoms with E-state index in [4.69, 9.17) is 10.00 Å². The molecule has 0 rings (SSSR count). The molecule has 0 aliphatic rings. The fourth-order valence-electron chi connectivity index (χ4n) is 0.714. The topological polar surface area (TPSA) is 59.3 Å². The van der Waals surface area contributed by atoms with Crippen LogP contribution in [0.1, 0.15) is 13.3 Å². The maximum absolute atomic E-state index is 11.0. The van der Waals surface area contributed by atoms with Gasteiger partial charge in [0.1, 0.15) is 5.92 Å². The van der Waals surface area contributed by atoms with Gasteiger partial charge < -0.3 is 9.47 Å². The third-order valence-corrected chi connectivity index (χ3v) is 1.34. The monoisotopic (exact) mass is 171 g/mol. The third kappa shape index (κ3) is 3.94. The van der Waals surface area contributed by atoms with E-state index in [9.17, 15) is 4.79 Å². The standard InChI is InChI=1S/C8H13NO3/c1-3-12-8(10)7(6-9)4-5-11-2/h7H,3-5H2,1-2H3. The highest BCUT2D eigenvalue weighted by Gasteiger charge is 2.18. The van der Waals surface area contributed by atoms with E-state index in [0.717, 1.165) is 0 Å². The van der Waals surface area contributed by atoms with Crippen molar-refractivity contribution < 1.29 is 14.3 Å². The molecule has 0 saturated heterocycles. The van der Waals surface area contributed by atoms with Gasteiger partial charge in [0.2, 0.25) is 0 Å². The minimum Gasteiger partial charge on any atom is -0.465 e. The molecule has 0 aromatic heterocycles. The highest BCUT2D eigenvalue weighted by Crippen LogP contribution is 2.04. The molecule has 4 heteroatoms. The number of carbonyl (C=O) groups excluding carboxylic acids is 1. The summed E-state index contributed by atoms with van der Waals surface area (Å²) in [6.07, 6.45) is 0.395. The third-order valence-electron chi connectivity index (χ3n) is 1.34. The van der Waals surface area contributed by atoms with Crippen LogP contribution in [0, 0.1) is 17.2 Å². The van der Waals surface area contributed by atoms with Crippen LogP contribution in [0.5, 0.6) is 0 Å². The van der Waals surface area contributed by atoms with Crippen LogP contribution in [-0.2, 0) is 14.3 Å². The van der Waals surface area contributed by atoms with E-state index in [1.165, 1.54) is 7.11 Å². The quantitative estimate of drug-likeness (QED) is 0.572.